The third kappa shape index (κ3) is 3.99. The zero-order valence-corrected chi connectivity index (χ0v) is 12.0. The molecule has 4 heteroatoms. The molecule has 0 heterocycles. The summed E-state index contributed by atoms with van der Waals surface area (Å²) in [6.07, 6.45) is 1.76. The van der Waals surface area contributed by atoms with Crippen LogP contribution in [0.1, 0.15) is 22.3 Å². The maximum Gasteiger partial charge on any atom is 0.255 e. The van der Waals surface area contributed by atoms with Crippen molar-refractivity contribution in [1.29, 1.82) is 0 Å². The van der Waals surface area contributed by atoms with Crippen molar-refractivity contribution < 1.29 is 14.6 Å². The number of phenols is 1. The normalized spacial score (nSPS) is 10.1. The maximum atomic E-state index is 12.0. The predicted octanol–water partition coefficient (Wildman–Crippen LogP) is 2.76. The molecule has 0 saturated heterocycles. The van der Waals surface area contributed by atoms with E-state index in [1.54, 1.807) is 18.2 Å². The molecule has 2 aromatic carbocycles. The summed E-state index contributed by atoms with van der Waals surface area (Å²) in [7, 11) is 1.45. The van der Waals surface area contributed by atoms with Crippen LogP contribution in [0.4, 0.5) is 0 Å². The van der Waals surface area contributed by atoms with Gasteiger partial charge in [0.2, 0.25) is 0 Å². The second kappa shape index (κ2) is 7.33. The molecular formula is C17H19NO3. The topological polar surface area (TPSA) is 58.6 Å². The first-order valence-electron chi connectivity index (χ1n) is 6.90. The first kappa shape index (κ1) is 14.9. The van der Waals surface area contributed by atoms with Gasteiger partial charge in [0.25, 0.3) is 5.91 Å². The Kier molecular flexibility index (Phi) is 5.21. The van der Waals surface area contributed by atoms with Crippen molar-refractivity contribution in [1.82, 2.24) is 5.32 Å². The molecule has 4 nitrogen and oxygen atoms in total. The summed E-state index contributed by atoms with van der Waals surface area (Å²) in [5, 5.41) is 12.7. The molecular weight excluding hydrogens is 266 g/mol. The highest BCUT2D eigenvalue weighted by atomic mass is 16.5. The molecule has 0 saturated carbocycles. The lowest BCUT2D eigenvalue weighted by Gasteiger charge is -2.09. The van der Waals surface area contributed by atoms with E-state index in [1.165, 1.54) is 12.7 Å². The number of carbonyl (C=O) groups is 1. The van der Waals surface area contributed by atoms with Gasteiger partial charge in [-0.2, -0.15) is 0 Å². The lowest BCUT2D eigenvalue weighted by molar-refractivity contribution is 0.0950. The molecule has 0 unspecified atom stereocenters. The van der Waals surface area contributed by atoms with Crippen LogP contribution < -0.4 is 10.1 Å². The molecule has 0 bridgehead atoms. The molecule has 0 fully saturated rings. The zero-order valence-electron chi connectivity index (χ0n) is 12.0. The van der Waals surface area contributed by atoms with Crippen molar-refractivity contribution >= 4 is 5.91 Å². The molecule has 0 aliphatic rings. The SMILES string of the molecule is COc1cccc(C(=O)NCCCc2ccccc2)c1O. The number of para-hydroxylation sites is 1. The van der Waals surface area contributed by atoms with Crippen LogP contribution in [0.3, 0.4) is 0 Å². The Balaban J connectivity index is 1.85. The molecule has 2 N–H and O–H groups in total. The fourth-order valence-corrected chi connectivity index (χ4v) is 2.10. The number of phenolic OH excluding ortho intramolecular Hbond substituents is 1. The van der Waals surface area contributed by atoms with Gasteiger partial charge in [-0.05, 0) is 30.5 Å². The number of hydrogen-bond donors (Lipinski definition) is 2. The standard InChI is InChI=1S/C17H19NO3/c1-21-15-11-5-10-14(16(15)19)17(20)18-12-6-9-13-7-3-2-4-8-13/h2-5,7-8,10-11,19H,6,9,12H2,1H3,(H,18,20). The molecule has 0 spiro atoms. The first-order valence-corrected chi connectivity index (χ1v) is 6.90. The quantitative estimate of drug-likeness (QED) is 0.802. The predicted molar refractivity (Wildman–Crippen MR) is 81.8 cm³/mol. The van der Waals surface area contributed by atoms with Gasteiger partial charge in [0.15, 0.2) is 11.5 Å². The second-order valence-corrected chi connectivity index (χ2v) is 4.70. The van der Waals surface area contributed by atoms with Crippen molar-refractivity contribution in [3.63, 3.8) is 0 Å². The Morgan fingerprint density at radius 1 is 1.14 bits per heavy atom. The summed E-state index contributed by atoms with van der Waals surface area (Å²) in [5.74, 6) is -0.119. The highest BCUT2D eigenvalue weighted by molar-refractivity contribution is 5.97. The minimum Gasteiger partial charge on any atom is -0.504 e. The summed E-state index contributed by atoms with van der Waals surface area (Å²) in [6, 6.07) is 15.0. The monoisotopic (exact) mass is 285 g/mol. The smallest absolute Gasteiger partial charge is 0.255 e. The van der Waals surface area contributed by atoms with Crippen molar-refractivity contribution in [2.75, 3.05) is 13.7 Å². The van der Waals surface area contributed by atoms with Gasteiger partial charge in [0, 0.05) is 6.54 Å². The van der Waals surface area contributed by atoms with Crippen LogP contribution in [0.5, 0.6) is 11.5 Å². The van der Waals surface area contributed by atoms with Crippen molar-refractivity contribution in [2.24, 2.45) is 0 Å². The minimum absolute atomic E-state index is 0.124. The van der Waals surface area contributed by atoms with Crippen molar-refractivity contribution in [2.45, 2.75) is 12.8 Å². The lowest BCUT2D eigenvalue weighted by Crippen LogP contribution is -2.24. The van der Waals surface area contributed by atoms with E-state index in [-0.39, 0.29) is 17.2 Å². The molecule has 0 aromatic heterocycles. The van der Waals surface area contributed by atoms with Crippen molar-refractivity contribution in [3.05, 3.63) is 59.7 Å². The van der Waals surface area contributed by atoms with E-state index < -0.39 is 0 Å². The fourth-order valence-electron chi connectivity index (χ4n) is 2.10. The fraction of sp³-hybridized carbons (Fsp3) is 0.235. The average Bonchev–Trinajstić information content (AvgIpc) is 2.52. The highest BCUT2D eigenvalue weighted by Gasteiger charge is 2.13. The number of nitrogens with one attached hydrogen (secondary N) is 1. The van der Waals surface area contributed by atoms with Gasteiger partial charge in [0.05, 0.1) is 12.7 Å². The molecule has 0 aliphatic heterocycles. The number of hydrogen-bond acceptors (Lipinski definition) is 3. The van der Waals surface area contributed by atoms with Gasteiger partial charge in [-0.3, -0.25) is 4.79 Å². The molecule has 0 aliphatic carbocycles. The lowest BCUT2D eigenvalue weighted by atomic mass is 10.1. The molecule has 110 valence electrons. The zero-order chi connectivity index (χ0) is 15.1. The third-order valence-corrected chi connectivity index (χ3v) is 3.23. The van der Waals surface area contributed by atoms with E-state index >= 15 is 0 Å². The number of aromatic hydroxyl groups is 1. The number of benzene rings is 2. The Morgan fingerprint density at radius 2 is 1.90 bits per heavy atom. The molecule has 2 aromatic rings. The van der Waals surface area contributed by atoms with Crippen molar-refractivity contribution in [3.8, 4) is 11.5 Å². The van der Waals surface area contributed by atoms with Gasteiger partial charge in [-0.15, -0.1) is 0 Å². The summed E-state index contributed by atoms with van der Waals surface area (Å²) in [5.41, 5.74) is 1.48. The molecule has 1 amide bonds. The van der Waals surface area contributed by atoms with Crippen LogP contribution in [0, 0.1) is 0 Å². The van der Waals surface area contributed by atoms with Crippen LogP contribution in [0.15, 0.2) is 48.5 Å². The van der Waals surface area contributed by atoms with Crippen LogP contribution in [-0.4, -0.2) is 24.7 Å². The number of methoxy groups -OCH3 is 1. The van der Waals surface area contributed by atoms with Gasteiger partial charge < -0.3 is 15.2 Å². The van der Waals surface area contributed by atoms with E-state index in [0.29, 0.717) is 12.3 Å². The van der Waals surface area contributed by atoms with E-state index in [2.05, 4.69) is 17.4 Å². The van der Waals surface area contributed by atoms with E-state index in [0.717, 1.165) is 12.8 Å². The van der Waals surface area contributed by atoms with Gasteiger partial charge in [-0.1, -0.05) is 36.4 Å². The van der Waals surface area contributed by atoms with Gasteiger partial charge in [0.1, 0.15) is 0 Å². The maximum absolute atomic E-state index is 12.0. The first-order chi connectivity index (χ1) is 10.2. The van der Waals surface area contributed by atoms with E-state index in [1.807, 2.05) is 18.2 Å². The average molecular weight is 285 g/mol. The van der Waals surface area contributed by atoms with Crippen LogP contribution in [0.2, 0.25) is 0 Å². The number of ether oxygens (including phenoxy) is 1. The number of rotatable bonds is 6. The minimum atomic E-state index is -0.292. The molecule has 2 rings (SSSR count). The summed E-state index contributed by atoms with van der Waals surface area (Å²) < 4.78 is 4.99. The molecule has 0 atom stereocenters. The Bertz CT molecular complexity index is 596. The van der Waals surface area contributed by atoms with E-state index in [9.17, 15) is 9.90 Å². The summed E-state index contributed by atoms with van der Waals surface area (Å²) in [4.78, 5) is 12.0. The molecule has 21 heavy (non-hydrogen) atoms. The Hall–Kier alpha value is -2.49. The van der Waals surface area contributed by atoms with Gasteiger partial charge >= 0.3 is 0 Å². The Morgan fingerprint density at radius 3 is 2.62 bits per heavy atom. The van der Waals surface area contributed by atoms with Crippen LogP contribution >= 0.6 is 0 Å². The summed E-state index contributed by atoms with van der Waals surface area (Å²) in [6.45, 7) is 0.560. The van der Waals surface area contributed by atoms with E-state index in [4.69, 9.17) is 4.74 Å². The summed E-state index contributed by atoms with van der Waals surface area (Å²) >= 11 is 0. The Labute approximate surface area is 124 Å². The second-order valence-electron chi connectivity index (χ2n) is 4.70. The number of carbonyl (C=O) groups excluding carboxylic acids is 1. The largest absolute Gasteiger partial charge is 0.504 e. The number of aryl methyl sites for hydroxylation is 1. The van der Waals surface area contributed by atoms with Crippen LogP contribution in [-0.2, 0) is 6.42 Å². The number of amides is 1. The van der Waals surface area contributed by atoms with Gasteiger partial charge in [-0.25, -0.2) is 0 Å². The third-order valence-electron chi connectivity index (χ3n) is 3.23. The molecule has 0 radical (unpaired) electrons. The van der Waals surface area contributed by atoms with Crippen LogP contribution in [0.25, 0.3) is 0 Å². The highest BCUT2D eigenvalue weighted by Crippen LogP contribution is 2.29.